The molecule has 0 aromatic heterocycles. The largest absolute Gasteiger partial charge is 0.320 e. The maximum absolute atomic E-state index is 13.6. The van der Waals surface area contributed by atoms with Crippen molar-refractivity contribution in [3.05, 3.63) is 30.1 Å². The Morgan fingerprint density at radius 2 is 2.00 bits per heavy atom. The van der Waals surface area contributed by atoms with Crippen LogP contribution < -0.4 is 9.62 Å². The first-order chi connectivity index (χ1) is 8.53. The Morgan fingerprint density at radius 3 is 2.56 bits per heavy atom. The lowest BCUT2D eigenvalue weighted by Gasteiger charge is -2.23. The molecule has 0 fully saturated rings. The molecule has 1 aromatic rings. The fourth-order valence-electron chi connectivity index (χ4n) is 1.71. The van der Waals surface area contributed by atoms with E-state index in [1.54, 1.807) is 26.1 Å². The van der Waals surface area contributed by atoms with Gasteiger partial charge in [-0.3, -0.25) is 4.31 Å². The molecule has 1 N–H and O–H groups in total. The summed E-state index contributed by atoms with van der Waals surface area (Å²) in [5, 5.41) is 2.89. The molecule has 0 unspecified atom stereocenters. The Morgan fingerprint density at radius 1 is 1.33 bits per heavy atom. The Balaban J connectivity index is 2.93. The first kappa shape index (κ1) is 14.9. The maximum Gasteiger partial charge on any atom is 0.235 e. The smallest absolute Gasteiger partial charge is 0.235 e. The van der Waals surface area contributed by atoms with Gasteiger partial charge in [0.2, 0.25) is 10.0 Å². The van der Waals surface area contributed by atoms with Crippen LogP contribution in [0.25, 0.3) is 0 Å². The van der Waals surface area contributed by atoms with Gasteiger partial charge in [-0.2, -0.15) is 0 Å². The van der Waals surface area contributed by atoms with Gasteiger partial charge >= 0.3 is 0 Å². The van der Waals surface area contributed by atoms with Gasteiger partial charge in [-0.25, -0.2) is 12.8 Å². The van der Waals surface area contributed by atoms with Crippen LogP contribution in [0.2, 0.25) is 0 Å². The summed E-state index contributed by atoms with van der Waals surface area (Å²) in [6.07, 6.45) is 0.504. The second kappa shape index (κ2) is 6.70. The molecular formula is C12H19FN2O2S. The third-order valence-corrected chi connectivity index (χ3v) is 4.50. The number of halogens is 1. The first-order valence-corrected chi connectivity index (χ1v) is 7.53. The highest BCUT2D eigenvalue weighted by Gasteiger charge is 2.22. The molecule has 0 bridgehead atoms. The van der Waals surface area contributed by atoms with Gasteiger partial charge < -0.3 is 5.32 Å². The van der Waals surface area contributed by atoms with Gasteiger partial charge in [-0.15, -0.1) is 0 Å². The predicted molar refractivity (Wildman–Crippen MR) is 71.8 cm³/mol. The molecular weight excluding hydrogens is 255 g/mol. The van der Waals surface area contributed by atoms with E-state index < -0.39 is 15.8 Å². The van der Waals surface area contributed by atoms with E-state index in [-0.39, 0.29) is 18.0 Å². The van der Waals surface area contributed by atoms with E-state index in [9.17, 15) is 12.8 Å². The normalized spacial score (nSPS) is 11.5. The van der Waals surface area contributed by atoms with Gasteiger partial charge in [0.1, 0.15) is 5.82 Å². The summed E-state index contributed by atoms with van der Waals surface area (Å²) in [6.45, 7) is 2.54. The maximum atomic E-state index is 13.6. The molecule has 0 spiro atoms. The minimum absolute atomic E-state index is 0.00993. The molecule has 1 aromatic carbocycles. The molecule has 4 nitrogen and oxygen atoms in total. The standard InChI is InChI=1S/C12H19FN2O2S/c1-3-15(12-8-5-4-7-11(12)13)18(16,17)10-6-9-14-2/h4-5,7-8,14H,3,6,9-10H2,1-2H3. The molecule has 1 rings (SSSR count). The zero-order valence-corrected chi connectivity index (χ0v) is 11.5. The lowest BCUT2D eigenvalue weighted by atomic mass is 10.3. The highest BCUT2D eigenvalue weighted by molar-refractivity contribution is 7.92. The van der Waals surface area contributed by atoms with Gasteiger partial charge in [-0.1, -0.05) is 12.1 Å². The van der Waals surface area contributed by atoms with Crippen LogP contribution in [0.4, 0.5) is 10.1 Å². The van der Waals surface area contributed by atoms with Crippen molar-refractivity contribution in [2.24, 2.45) is 0 Å². The Kier molecular flexibility index (Phi) is 5.55. The van der Waals surface area contributed by atoms with Crippen LogP contribution in [0.3, 0.4) is 0 Å². The number of para-hydroxylation sites is 1. The molecule has 0 saturated heterocycles. The van der Waals surface area contributed by atoms with Crippen LogP contribution in [0, 0.1) is 5.82 Å². The summed E-state index contributed by atoms with van der Waals surface area (Å²) in [7, 11) is -1.70. The van der Waals surface area contributed by atoms with Crippen LogP contribution in [-0.2, 0) is 10.0 Å². The average molecular weight is 274 g/mol. The minimum atomic E-state index is -3.47. The summed E-state index contributed by atoms with van der Waals surface area (Å²) < 4.78 is 39.0. The van der Waals surface area contributed by atoms with Crippen LogP contribution in [0.5, 0.6) is 0 Å². The lowest BCUT2D eigenvalue weighted by molar-refractivity contribution is 0.582. The number of rotatable bonds is 7. The van der Waals surface area contributed by atoms with E-state index >= 15 is 0 Å². The molecule has 18 heavy (non-hydrogen) atoms. The Bertz CT molecular complexity index is 477. The Labute approximate surface area is 108 Å². The molecule has 0 aliphatic carbocycles. The topological polar surface area (TPSA) is 49.4 Å². The second-order valence-corrected chi connectivity index (χ2v) is 5.90. The zero-order valence-electron chi connectivity index (χ0n) is 10.7. The Hall–Kier alpha value is -1.14. The molecule has 0 saturated carbocycles. The van der Waals surface area contributed by atoms with E-state index in [0.29, 0.717) is 13.0 Å². The average Bonchev–Trinajstić information content (AvgIpc) is 2.32. The summed E-state index contributed by atoms with van der Waals surface area (Å²) >= 11 is 0. The zero-order chi connectivity index (χ0) is 13.6. The summed E-state index contributed by atoms with van der Waals surface area (Å²) in [5.41, 5.74) is 0.115. The summed E-state index contributed by atoms with van der Waals surface area (Å²) in [6, 6.07) is 5.92. The number of benzene rings is 1. The van der Waals surface area contributed by atoms with Gasteiger partial charge in [0.25, 0.3) is 0 Å². The van der Waals surface area contributed by atoms with Crippen molar-refractivity contribution in [2.75, 3.05) is 30.2 Å². The van der Waals surface area contributed by atoms with Crippen molar-refractivity contribution < 1.29 is 12.8 Å². The number of sulfonamides is 1. The van der Waals surface area contributed by atoms with E-state index in [1.165, 1.54) is 12.1 Å². The summed E-state index contributed by atoms with van der Waals surface area (Å²) in [5.74, 6) is -0.507. The molecule has 6 heteroatoms. The number of nitrogens with one attached hydrogen (secondary N) is 1. The van der Waals surface area contributed by atoms with Crippen LogP contribution in [0.15, 0.2) is 24.3 Å². The number of hydrogen-bond donors (Lipinski definition) is 1. The van der Waals surface area contributed by atoms with Crippen molar-refractivity contribution in [2.45, 2.75) is 13.3 Å². The number of anilines is 1. The molecule has 0 atom stereocenters. The van der Waals surface area contributed by atoms with E-state index in [0.717, 1.165) is 4.31 Å². The third-order valence-electron chi connectivity index (χ3n) is 2.57. The second-order valence-electron chi connectivity index (χ2n) is 3.89. The van der Waals surface area contributed by atoms with Gasteiger partial charge in [-0.05, 0) is 39.1 Å². The minimum Gasteiger partial charge on any atom is -0.320 e. The van der Waals surface area contributed by atoms with E-state index in [2.05, 4.69) is 5.32 Å². The van der Waals surface area contributed by atoms with E-state index in [4.69, 9.17) is 0 Å². The molecule has 0 radical (unpaired) electrons. The van der Waals surface area contributed by atoms with Crippen LogP contribution in [-0.4, -0.2) is 34.3 Å². The molecule has 0 aliphatic rings. The molecule has 0 aliphatic heterocycles. The van der Waals surface area contributed by atoms with Crippen molar-refractivity contribution in [3.63, 3.8) is 0 Å². The lowest BCUT2D eigenvalue weighted by Crippen LogP contribution is -2.34. The number of nitrogens with zero attached hydrogens (tertiary/aromatic N) is 1. The monoisotopic (exact) mass is 274 g/mol. The molecule has 102 valence electrons. The molecule has 0 heterocycles. The first-order valence-electron chi connectivity index (χ1n) is 5.92. The SMILES string of the molecule is CCN(c1ccccc1F)S(=O)(=O)CCCNC. The highest BCUT2D eigenvalue weighted by atomic mass is 32.2. The van der Waals surface area contributed by atoms with Crippen LogP contribution >= 0.6 is 0 Å². The summed E-state index contributed by atoms with van der Waals surface area (Å²) in [4.78, 5) is 0. The van der Waals surface area contributed by atoms with Crippen LogP contribution in [0.1, 0.15) is 13.3 Å². The fraction of sp³-hybridized carbons (Fsp3) is 0.500. The van der Waals surface area contributed by atoms with Gasteiger partial charge in [0, 0.05) is 6.54 Å². The van der Waals surface area contributed by atoms with Crippen molar-refractivity contribution >= 4 is 15.7 Å². The highest BCUT2D eigenvalue weighted by Crippen LogP contribution is 2.21. The molecule has 0 amide bonds. The van der Waals surface area contributed by atoms with Gasteiger partial charge in [0.05, 0.1) is 11.4 Å². The third kappa shape index (κ3) is 3.68. The van der Waals surface area contributed by atoms with Gasteiger partial charge in [0.15, 0.2) is 0 Å². The fourth-order valence-corrected chi connectivity index (χ4v) is 3.28. The number of hydrogen-bond acceptors (Lipinski definition) is 3. The quantitative estimate of drug-likeness (QED) is 0.768. The predicted octanol–water partition coefficient (Wildman–Crippen LogP) is 1.59. The van der Waals surface area contributed by atoms with Crippen molar-refractivity contribution in [3.8, 4) is 0 Å². The van der Waals surface area contributed by atoms with Crippen molar-refractivity contribution in [1.82, 2.24) is 5.32 Å². The van der Waals surface area contributed by atoms with Crippen molar-refractivity contribution in [1.29, 1.82) is 0 Å². The van der Waals surface area contributed by atoms with E-state index in [1.807, 2.05) is 0 Å².